The highest BCUT2D eigenvalue weighted by Gasteiger charge is 2.04. The number of carbonyl (C=O) groups excluding carboxylic acids is 1. The number of aromatic nitrogens is 1. The van der Waals surface area contributed by atoms with E-state index in [0.29, 0.717) is 19.6 Å². The molecule has 0 aliphatic rings. The molecule has 0 aliphatic carbocycles. The van der Waals surface area contributed by atoms with Gasteiger partial charge in [0, 0.05) is 24.5 Å². The van der Waals surface area contributed by atoms with Gasteiger partial charge in [-0.1, -0.05) is 12.1 Å². The number of thiazole rings is 1. The number of carbonyl (C=O) groups is 1. The highest BCUT2D eigenvalue weighted by atomic mass is 32.1. The minimum Gasteiger partial charge on any atom is -0.494 e. The molecular weight excluding hydrogens is 272 g/mol. The Balaban J connectivity index is 1.73. The number of nitrogens with one attached hydrogen (secondary N) is 1. The second-order valence-electron chi connectivity index (χ2n) is 4.28. The number of ether oxygens (including phenoxy) is 1. The minimum absolute atomic E-state index is 0.0331. The monoisotopic (exact) mass is 290 g/mol. The van der Waals surface area contributed by atoms with Gasteiger partial charge in [-0.15, -0.1) is 11.3 Å². The average Bonchev–Trinajstić information content (AvgIpc) is 2.94. The van der Waals surface area contributed by atoms with Crippen LogP contribution in [0.3, 0.4) is 0 Å². The molecule has 0 fully saturated rings. The molecule has 0 saturated carbocycles. The van der Waals surface area contributed by atoms with Crippen molar-refractivity contribution >= 4 is 17.2 Å². The third kappa shape index (κ3) is 4.66. The lowest BCUT2D eigenvalue weighted by atomic mass is 10.1. The predicted octanol–water partition coefficient (Wildman–Crippen LogP) is 2.44. The van der Waals surface area contributed by atoms with Gasteiger partial charge in [0.15, 0.2) is 0 Å². The van der Waals surface area contributed by atoms with Crippen molar-refractivity contribution in [2.45, 2.75) is 19.8 Å². The van der Waals surface area contributed by atoms with E-state index in [4.69, 9.17) is 4.74 Å². The zero-order valence-corrected chi connectivity index (χ0v) is 12.3. The third-order valence-corrected chi connectivity index (χ3v) is 3.58. The maximum atomic E-state index is 11.8. The van der Waals surface area contributed by atoms with Crippen LogP contribution in [0.15, 0.2) is 35.8 Å². The average molecular weight is 290 g/mol. The normalized spacial score (nSPS) is 10.2. The van der Waals surface area contributed by atoms with Gasteiger partial charge in [-0.3, -0.25) is 4.79 Å². The zero-order valence-electron chi connectivity index (χ0n) is 11.5. The van der Waals surface area contributed by atoms with Gasteiger partial charge in [0.2, 0.25) is 5.91 Å². The van der Waals surface area contributed by atoms with Crippen LogP contribution in [0.2, 0.25) is 0 Å². The molecule has 1 aromatic carbocycles. The summed E-state index contributed by atoms with van der Waals surface area (Å²) in [5.74, 6) is 0.867. The first-order chi connectivity index (χ1) is 9.78. The molecule has 2 aromatic rings. The van der Waals surface area contributed by atoms with E-state index in [0.717, 1.165) is 22.7 Å². The Labute approximate surface area is 122 Å². The van der Waals surface area contributed by atoms with Crippen LogP contribution in [0.4, 0.5) is 0 Å². The summed E-state index contributed by atoms with van der Waals surface area (Å²) >= 11 is 1.61. The Hall–Kier alpha value is -1.88. The molecule has 0 unspecified atom stereocenters. The van der Waals surface area contributed by atoms with Crippen molar-refractivity contribution in [3.63, 3.8) is 0 Å². The summed E-state index contributed by atoms with van der Waals surface area (Å²) < 4.78 is 5.37. The summed E-state index contributed by atoms with van der Waals surface area (Å²) in [6.07, 6.45) is 2.96. The maximum absolute atomic E-state index is 11.8. The van der Waals surface area contributed by atoms with Gasteiger partial charge >= 0.3 is 0 Å². The van der Waals surface area contributed by atoms with Crippen LogP contribution in [-0.2, 0) is 17.6 Å². The molecule has 2 rings (SSSR count). The quantitative estimate of drug-likeness (QED) is 0.852. The van der Waals surface area contributed by atoms with Crippen molar-refractivity contribution < 1.29 is 9.53 Å². The zero-order chi connectivity index (χ0) is 14.2. The number of nitrogens with zero attached hydrogens (tertiary/aromatic N) is 1. The summed E-state index contributed by atoms with van der Waals surface area (Å²) in [4.78, 5) is 16.0. The molecule has 0 atom stereocenters. The first-order valence-corrected chi connectivity index (χ1v) is 7.52. The second-order valence-corrected chi connectivity index (χ2v) is 5.26. The molecule has 4 nitrogen and oxygen atoms in total. The molecule has 0 aliphatic heterocycles. The van der Waals surface area contributed by atoms with Gasteiger partial charge in [0.1, 0.15) is 5.75 Å². The van der Waals surface area contributed by atoms with Crippen LogP contribution in [0.5, 0.6) is 5.75 Å². The van der Waals surface area contributed by atoms with Gasteiger partial charge in [0.05, 0.1) is 18.0 Å². The standard InChI is InChI=1S/C15H18N2O2S/c1-2-19-13-5-3-12(4-6-13)11-14(18)16-8-7-15-17-9-10-20-15/h3-6,9-10H,2,7-8,11H2,1H3,(H,16,18). The molecule has 1 N–H and O–H groups in total. The molecule has 20 heavy (non-hydrogen) atoms. The highest BCUT2D eigenvalue weighted by Crippen LogP contribution is 2.12. The number of hydrogen-bond acceptors (Lipinski definition) is 4. The van der Waals surface area contributed by atoms with Crippen LogP contribution in [0, 0.1) is 0 Å². The van der Waals surface area contributed by atoms with Gasteiger partial charge in [-0.05, 0) is 24.6 Å². The van der Waals surface area contributed by atoms with Crippen LogP contribution in [-0.4, -0.2) is 24.0 Å². The first-order valence-electron chi connectivity index (χ1n) is 6.64. The van der Waals surface area contributed by atoms with Gasteiger partial charge in [-0.25, -0.2) is 4.98 Å². The Kier molecular flexibility index (Phi) is 5.55. The van der Waals surface area contributed by atoms with E-state index in [1.54, 1.807) is 17.5 Å². The minimum atomic E-state index is 0.0331. The van der Waals surface area contributed by atoms with Crippen molar-refractivity contribution in [2.75, 3.05) is 13.2 Å². The topological polar surface area (TPSA) is 51.2 Å². The summed E-state index contributed by atoms with van der Waals surface area (Å²) in [5.41, 5.74) is 0.986. The van der Waals surface area contributed by atoms with E-state index in [-0.39, 0.29) is 5.91 Å². The number of benzene rings is 1. The molecule has 0 saturated heterocycles. The lowest BCUT2D eigenvalue weighted by molar-refractivity contribution is -0.120. The van der Waals surface area contributed by atoms with Crippen molar-refractivity contribution in [1.82, 2.24) is 10.3 Å². The highest BCUT2D eigenvalue weighted by molar-refractivity contribution is 7.09. The molecule has 0 spiro atoms. The first kappa shape index (κ1) is 14.5. The summed E-state index contributed by atoms with van der Waals surface area (Å²) in [6.45, 7) is 3.23. The Morgan fingerprint density at radius 1 is 1.35 bits per heavy atom. The third-order valence-electron chi connectivity index (χ3n) is 2.74. The van der Waals surface area contributed by atoms with Gasteiger partial charge in [-0.2, -0.15) is 0 Å². The Morgan fingerprint density at radius 3 is 2.80 bits per heavy atom. The number of amides is 1. The Bertz CT molecular complexity index is 523. The van der Waals surface area contributed by atoms with E-state index in [1.807, 2.05) is 36.6 Å². The van der Waals surface area contributed by atoms with E-state index < -0.39 is 0 Å². The lowest BCUT2D eigenvalue weighted by Crippen LogP contribution is -2.27. The SMILES string of the molecule is CCOc1ccc(CC(=O)NCCc2nccs2)cc1. The molecule has 1 amide bonds. The second kappa shape index (κ2) is 7.65. The van der Waals surface area contributed by atoms with Gasteiger partial charge < -0.3 is 10.1 Å². The molecule has 0 bridgehead atoms. The summed E-state index contributed by atoms with van der Waals surface area (Å²) in [7, 11) is 0. The molecule has 5 heteroatoms. The van der Waals surface area contributed by atoms with E-state index in [9.17, 15) is 4.79 Å². The van der Waals surface area contributed by atoms with Crippen LogP contribution >= 0.6 is 11.3 Å². The largest absolute Gasteiger partial charge is 0.494 e. The molecule has 0 radical (unpaired) electrons. The summed E-state index contributed by atoms with van der Waals surface area (Å²) in [5, 5.41) is 5.89. The van der Waals surface area contributed by atoms with Crippen molar-refractivity contribution in [3.05, 3.63) is 46.4 Å². The Morgan fingerprint density at radius 2 is 2.15 bits per heavy atom. The van der Waals surface area contributed by atoms with E-state index >= 15 is 0 Å². The van der Waals surface area contributed by atoms with E-state index in [1.165, 1.54) is 0 Å². The lowest BCUT2D eigenvalue weighted by Gasteiger charge is -2.06. The van der Waals surface area contributed by atoms with Crippen molar-refractivity contribution in [2.24, 2.45) is 0 Å². The fourth-order valence-corrected chi connectivity index (χ4v) is 2.42. The van der Waals surface area contributed by atoms with Crippen molar-refractivity contribution in [3.8, 4) is 5.75 Å². The number of hydrogen-bond donors (Lipinski definition) is 1. The number of rotatable bonds is 7. The maximum Gasteiger partial charge on any atom is 0.224 e. The summed E-state index contributed by atoms with van der Waals surface area (Å²) in [6, 6.07) is 7.63. The van der Waals surface area contributed by atoms with Crippen molar-refractivity contribution in [1.29, 1.82) is 0 Å². The van der Waals surface area contributed by atoms with Gasteiger partial charge in [0.25, 0.3) is 0 Å². The molecule has 1 aromatic heterocycles. The van der Waals surface area contributed by atoms with E-state index in [2.05, 4.69) is 10.3 Å². The van der Waals surface area contributed by atoms with Crippen LogP contribution in [0.1, 0.15) is 17.5 Å². The van der Waals surface area contributed by atoms with Crippen LogP contribution in [0.25, 0.3) is 0 Å². The predicted molar refractivity (Wildman–Crippen MR) is 80.1 cm³/mol. The smallest absolute Gasteiger partial charge is 0.224 e. The fraction of sp³-hybridized carbons (Fsp3) is 0.333. The molecule has 106 valence electrons. The van der Waals surface area contributed by atoms with Crippen LogP contribution < -0.4 is 10.1 Å². The molecule has 1 heterocycles. The molecular formula is C15H18N2O2S. The fourth-order valence-electron chi connectivity index (χ4n) is 1.80.